The number of carbonyl (C=O) groups excluding carboxylic acids is 2. The third-order valence-electron chi connectivity index (χ3n) is 5.40. The molecule has 1 aromatic heterocycles. The van der Waals surface area contributed by atoms with E-state index in [1.807, 2.05) is 48.9 Å². The molecule has 2 aliphatic rings. The van der Waals surface area contributed by atoms with E-state index in [0.29, 0.717) is 6.54 Å². The SMILES string of the molecule is Cc1cc(C)n(-c2ccc(NC(=O)[C@@H]3CCCCN3C(=O)C3CC3)cc2)n1. The number of anilines is 1. The van der Waals surface area contributed by atoms with Crippen molar-refractivity contribution in [3.63, 3.8) is 0 Å². The number of nitrogens with one attached hydrogen (secondary N) is 1. The second-order valence-corrected chi connectivity index (χ2v) is 7.69. The lowest BCUT2D eigenvalue weighted by Gasteiger charge is -2.34. The van der Waals surface area contributed by atoms with Crippen LogP contribution in [0.25, 0.3) is 5.69 Å². The third-order valence-corrected chi connectivity index (χ3v) is 5.40. The van der Waals surface area contributed by atoms with Gasteiger partial charge in [0.05, 0.1) is 11.4 Å². The molecule has 0 unspecified atom stereocenters. The number of piperidine rings is 1. The summed E-state index contributed by atoms with van der Waals surface area (Å²) in [6, 6.07) is 9.36. The topological polar surface area (TPSA) is 67.2 Å². The minimum absolute atomic E-state index is 0.0810. The van der Waals surface area contributed by atoms with Gasteiger partial charge >= 0.3 is 0 Å². The summed E-state index contributed by atoms with van der Waals surface area (Å²) in [7, 11) is 0. The molecule has 27 heavy (non-hydrogen) atoms. The van der Waals surface area contributed by atoms with Crippen LogP contribution in [-0.4, -0.2) is 39.1 Å². The molecule has 2 fully saturated rings. The molecule has 4 rings (SSSR count). The summed E-state index contributed by atoms with van der Waals surface area (Å²) in [6.45, 7) is 4.69. The van der Waals surface area contributed by atoms with Gasteiger partial charge in [-0.1, -0.05) is 0 Å². The van der Waals surface area contributed by atoms with E-state index in [1.54, 1.807) is 4.90 Å². The highest BCUT2D eigenvalue weighted by Gasteiger charge is 2.39. The zero-order valence-electron chi connectivity index (χ0n) is 15.9. The van der Waals surface area contributed by atoms with E-state index >= 15 is 0 Å². The van der Waals surface area contributed by atoms with Crippen LogP contribution in [0.2, 0.25) is 0 Å². The van der Waals surface area contributed by atoms with E-state index in [0.717, 1.165) is 54.9 Å². The number of likely N-dealkylation sites (tertiary alicyclic amines) is 1. The lowest BCUT2D eigenvalue weighted by atomic mass is 10.0. The van der Waals surface area contributed by atoms with Gasteiger partial charge < -0.3 is 10.2 Å². The number of hydrogen-bond donors (Lipinski definition) is 1. The smallest absolute Gasteiger partial charge is 0.247 e. The first-order valence-electron chi connectivity index (χ1n) is 9.78. The second kappa shape index (κ2) is 7.18. The number of benzene rings is 1. The first-order chi connectivity index (χ1) is 13.0. The Balaban J connectivity index is 1.45. The fourth-order valence-electron chi connectivity index (χ4n) is 3.83. The standard InChI is InChI=1S/C21H26N4O2/c1-14-13-15(2)25(23-14)18-10-8-17(9-11-18)22-20(26)19-5-3-4-12-24(19)21(27)16-6-7-16/h8-11,13,16,19H,3-7,12H2,1-2H3,(H,22,26)/t19-/m0/s1. The summed E-state index contributed by atoms with van der Waals surface area (Å²) < 4.78 is 1.89. The summed E-state index contributed by atoms with van der Waals surface area (Å²) in [5.74, 6) is 0.232. The Hall–Kier alpha value is -2.63. The molecule has 2 aromatic rings. The highest BCUT2D eigenvalue weighted by atomic mass is 16.2. The summed E-state index contributed by atoms with van der Waals surface area (Å²) in [5, 5.41) is 7.47. The Morgan fingerprint density at radius 1 is 1.07 bits per heavy atom. The molecule has 0 bridgehead atoms. The molecular weight excluding hydrogens is 340 g/mol. The van der Waals surface area contributed by atoms with Crippen LogP contribution in [0.3, 0.4) is 0 Å². The Morgan fingerprint density at radius 2 is 1.81 bits per heavy atom. The fraction of sp³-hybridized carbons (Fsp3) is 0.476. The van der Waals surface area contributed by atoms with Crippen LogP contribution >= 0.6 is 0 Å². The van der Waals surface area contributed by atoms with E-state index in [9.17, 15) is 9.59 Å². The van der Waals surface area contributed by atoms with E-state index in [1.165, 1.54) is 0 Å². The molecule has 1 N–H and O–H groups in total. The Bertz CT molecular complexity index is 852. The molecule has 1 saturated carbocycles. The molecule has 1 aliphatic heterocycles. The van der Waals surface area contributed by atoms with Crippen molar-refractivity contribution in [1.82, 2.24) is 14.7 Å². The predicted octanol–water partition coefficient (Wildman–Crippen LogP) is 3.22. The Kier molecular flexibility index (Phi) is 4.72. The molecule has 142 valence electrons. The van der Waals surface area contributed by atoms with Crippen molar-refractivity contribution in [3.05, 3.63) is 41.7 Å². The van der Waals surface area contributed by atoms with Crippen LogP contribution in [0.5, 0.6) is 0 Å². The number of amides is 2. The highest BCUT2D eigenvalue weighted by Crippen LogP contribution is 2.33. The summed E-state index contributed by atoms with van der Waals surface area (Å²) in [4.78, 5) is 27.1. The molecule has 6 nitrogen and oxygen atoms in total. The minimum atomic E-state index is -0.345. The van der Waals surface area contributed by atoms with Crippen molar-refractivity contribution < 1.29 is 9.59 Å². The van der Waals surface area contributed by atoms with Gasteiger partial charge in [-0.2, -0.15) is 5.10 Å². The molecule has 1 aliphatic carbocycles. The van der Waals surface area contributed by atoms with Gasteiger partial charge in [0.15, 0.2) is 0 Å². The first-order valence-corrected chi connectivity index (χ1v) is 9.78. The highest BCUT2D eigenvalue weighted by molar-refractivity contribution is 5.97. The van der Waals surface area contributed by atoms with Gasteiger partial charge in [-0.05, 0) is 76.3 Å². The van der Waals surface area contributed by atoms with Crippen LogP contribution in [-0.2, 0) is 9.59 Å². The minimum Gasteiger partial charge on any atom is -0.330 e. The first kappa shape index (κ1) is 17.8. The van der Waals surface area contributed by atoms with Crippen LogP contribution in [0, 0.1) is 19.8 Å². The van der Waals surface area contributed by atoms with Crippen LogP contribution in [0.1, 0.15) is 43.5 Å². The van der Waals surface area contributed by atoms with Crippen molar-refractivity contribution in [2.45, 2.75) is 52.0 Å². The zero-order chi connectivity index (χ0) is 19.0. The lowest BCUT2D eigenvalue weighted by Crippen LogP contribution is -2.50. The lowest BCUT2D eigenvalue weighted by molar-refractivity contribution is -0.141. The normalized spacial score (nSPS) is 19.8. The van der Waals surface area contributed by atoms with E-state index in [2.05, 4.69) is 10.4 Å². The summed E-state index contributed by atoms with van der Waals surface area (Å²) in [6.07, 6.45) is 4.66. The van der Waals surface area contributed by atoms with Gasteiger partial charge in [0.25, 0.3) is 0 Å². The number of aromatic nitrogens is 2. The van der Waals surface area contributed by atoms with E-state index in [4.69, 9.17) is 0 Å². The van der Waals surface area contributed by atoms with Gasteiger partial charge in [-0.15, -0.1) is 0 Å². The van der Waals surface area contributed by atoms with Gasteiger partial charge in [0.2, 0.25) is 11.8 Å². The Morgan fingerprint density at radius 3 is 2.44 bits per heavy atom. The molecule has 0 spiro atoms. The molecular formula is C21H26N4O2. The monoisotopic (exact) mass is 366 g/mol. The van der Waals surface area contributed by atoms with Crippen molar-refractivity contribution >= 4 is 17.5 Å². The molecule has 2 heterocycles. The maximum absolute atomic E-state index is 12.8. The molecule has 1 atom stereocenters. The number of carbonyl (C=O) groups is 2. The molecule has 1 aromatic carbocycles. The van der Waals surface area contributed by atoms with Crippen LogP contribution in [0.4, 0.5) is 5.69 Å². The number of hydrogen-bond acceptors (Lipinski definition) is 3. The van der Waals surface area contributed by atoms with Crippen molar-refractivity contribution in [2.75, 3.05) is 11.9 Å². The number of aryl methyl sites for hydroxylation is 2. The zero-order valence-corrected chi connectivity index (χ0v) is 15.9. The van der Waals surface area contributed by atoms with Crippen LogP contribution in [0.15, 0.2) is 30.3 Å². The van der Waals surface area contributed by atoms with Crippen molar-refractivity contribution in [3.8, 4) is 5.69 Å². The number of rotatable bonds is 4. The molecule has 6 heteroatoms. The van der Waals surface area contributed by atoms with E-state index < -0.39 is 0 Å². The van der Waals surface area contributed by atoms with Gasteiger partial charge in [-0.3, -0.25) is 9.59 Å². The second-order valence-electron chi connectivity index (χ2n) is 7.69. The van der Waals surface area contributed by atoms with E-state index in [-0.39, 0.29) is 23.8 Å². The fourth-order valence-corrected chi connectivity index (χ4v) is 3.83. The molecule has 0 radical (unpaired) electrons. The molecule has 1 saturated heterocycles. The average Bonchev–Trinajstić information content (AvgIpc) is 3.46. The summed E-state index contributed by atoms with van der Waals surface area (Å²) >= 11 is 0. The maximum Gasteiger partial charge on any atom is 0.247 e. The maximum atomic E-state index is 12.8. The van der Waals surface area contributed by atoms with Crippen molar-refractivity contribution in [2.24, 2.45) is 5.92 Å². The predicted molar refractivity (Wildman–Crippen MR) is 104 cm³/mol. The van der Waals surface area contributed by atoms with Gasteiger partial charge in [-0.25, -0.2) is 4.68 Å². The average molecular weight is 366 g/mol. The van der Waals surface area contributed by atoms with Gasteiger partial charge in [0.1, 0.15) is 6.04 Å². The quantitative estimate of drug-likeness (QED) is 0.903. The van der Waals surface area contributed by atoms with Gasteiger partial charge in [0, 0.05) is 23.8 Å². The van der Waals surface area contributed by atoms with Crippen LogP contribution < -0.4 is 5.32 Å². The largest absolute Gasteiger partial charge is 0.330 e. The Labute approximate surface area is 159 Å². The third kappa shape index (κ3) is 3.75. The summed E-state index contributed by atoms with van der Waals surface area (Å²) in [5.41, 5.74) is 3.75. The van der Waals surface area contributed by atoms with Crippen molar-refractivity contribution in [1.29, 1.82) is 0 Å². The number of nitrogens with zero attached hydrogens (tertiary/aromatic N) is 3. The molecule has 2 amide bonds.